The van der Waals surface area contributed by atoms with E-state index < -0.39 is 46.8 Å². The lowest BCUT2D eigenvalue weighted by atomic mass is 9.91. The zero-order valence-electron chi connectivity index (χ0n) is 20.9. The predicted octanol–water partition coefficient (Wildman–Crippen LogP) is 4.84. The molecule has 2 N–H and O–H groups in total. The van der Waals surface area contributed by atoms with Gasteiger partial charge in [0.2, 0.25) is 5.91 Å². The molecule has 0 aliphatic carbocycles. The fourth-order valence-electron chi connectivity index (χ4n) is 4.22. The molecule has 0 bridgehead atoms. The van der Waals surface area contributed by atoms with Crippen LogP contribution in [0.3, 0.4) is 0 Å². The summed E-state index contributed by atoms with van der Waals surface area (Å²) in [6.07, 6.45) is 3.46. The van der Waals surface area contributed by atoms with Crippen molar-refractivity contribution in [2.45, 2.75) is 43.0 Å². The maximum atomic E-state index is 14.8. The molecule has 37 heavy (non-hydrogen) atoms. The van der Waals surface area contributed by atoms with E-state index in [4.69, 9.17) is 9.84 Å². The number of carboxylic acid groups (broad SMARTS) is 1. The molecular formula is C26H31F3N2O5S. The van der Waals surface area contributed by atoms with E-state index in [0.29, 0.717) is 22.4 Å². The molecule has 0 fully saturated rings. The number of aliphatic carboxylic acids is 1. The molecule has 0 saturated heterocycles. The van der Waals surface area contributed by atoms with Crippen LogP contribution < -0.4 is 10.1 Å². The number of carbonyl (C=O) groups is 3. The van der Waals surface area contributed by atoms with E-state index in [9.17, 15) is 27.6 Å². The smallest absolute Gasteiger partial charge is 0.303 e. The molecule has 0 unspecified atom stereocenters. The van der Waals surface area contributed by atoms with E-state index in [-0.39, 0.29) is 43.2 Å². The zero-order chi connectivity index (χ0) is 27.3. The van der Waals surface area contributed by atoms with Crippen LogP contribution >= 0.6 is 10.0 Å². The van der Waals surface area contributed by atoms with Crippen LogP contribution in [0, 0.1) is 5.82 Å². The number of ether oxygens (including phenoxy) is 1. The molecule has 7 nitrogen and oxygen atoms in total. The highest BCUT2D eigenvalue weighted by molar-refractivity contribution is 8.32. The molecule has 1 heterocycles. The normalized spacial score (nSPS) is 15.8. The van der Waals surface area contributed by atoms with Gasteiger partial charge < -0.3 is 20.1 Å². The van der Waals surface area contributed by atoms with Gasteiger partial charge in [-0.3, -0.25) is 14.4 Å². The first-order chi connectivity index (χ1) is 17.4. The fourth-order valence-corrected chi connectivity index (χ4v) is 5.34. The third-order valence-electron chi connectivity index (χ3n) is 5.93. The predicted molar refractivity (Wildman–Crippen MR) is 136 cm³/mol. The highest BCUT2D eigenvalue weighted by Gasteiger charge is 2.36. The second-order valence-corrected chi connectivity index (χ2v) is 13.6. The van der Waals surface area contributed by atoms with E-state index in [1.54, 1.807) is 24.3 Å². The number of amides is 2. The van der Waals surface area contributed by atoms with Crippen molar-refractivity contribution in [3.63, 3.8) is 0 Å². The van der Waals surface area contributed by atoms with Crippen LogP contribution in [0.25, 0.3) is 0 Å². The number of nitrogens with one attached hydrogen (secondary N) is 1. The van der Waals surface area contributed by atoms with Crippen molar-refractivity contribution < 1.29 is 37.4 Å². The van der Waals surface area contributed by atoms with Crippen molar-refractivity contribution in [1.29, 1.82) is 0 Å². The highest BCUT2D eigenvalue weighted by atomic mass is 32.3. The zero-order valence-corrected chi connectivity index (χ0v) is 21.7. The summed E-state index contributed by atoms with van der Waals surface area (Å²) in [5.41, 5.74) is 1.40. The van der Waals surface area contributed by atoms with Gasteiger partial charge in [-0.1, -0.05) is 6.07 Å². The summed E-state index contributed by atoms with van der Waals surface area (Å²) in [7, 11) is -1.33. The van der Waals surface area contributed by atoms with Gasteiger partial charge in [0.1, 0.15) is 24.2 Å². The average Bonchev–Trinajstić information content (AvgIpc) is 2.80. The lowest BCUT2D eigenvalue weighted by Crippen LogP contribution is -2.45. The Morgan fingerprint density at radius 2 is 1.86 bits per heavy atom. The van der Waals surface area contributed by atoms with Crippen LogP contribution in [0.1, 0.15) is 36.4 Å². The Labute approximate surface area is 215 Å². The van der Waals surface area contributed by atoms with E-state index in [2.05, 4.69) is 5.32 Å². The van der Waals surface area contributed by atoms with E-state index in [0.717, 1.165) is 0 Å². The molecule has 0 saturated carbocycles. The second kappa shape index (κ2) is 11.9. The van der Waals surface area contributed by atoms with E-state index in [1.807, 2.05) is 18.8 Å². The minimum absolute atomic E-state index is 0.0569. The van der Waals surface area contributed by atoms with Crippen molar-refractivity contribution in [3.8, 4) is 5.75 Å². The Bertz CT molecular complexity index is 1170. The molecular weight excluding hydrogens is 509 g/mol. The quantitative estimate of drug-likeness (QED) is 0.450. The maximum absolute atomic E-state index is 14.8. The molecule has 0 radical (unpaired) electrons. The molecule has 2 aromatic rings. The molecule has 3 rings (SSSR count). The maximum Gasteiger partial charge on any atom is 0.303 e. The van der Waals surface area contributed by atoms with Crippen LogP contribution in [0.15, 0.2) is 41.3 Å². The second-order valence-electron chi connectivity index (χ2n) is 9.52. The number of halogens is 3. The molecule has 2 amide bonds. The molecule has 202 valence electrons. The number of hydrogen-bond acceptors (Lipinski definition) is 4. The van der Waals surface area contributed by atoms with Gasteiger partial charge in [-0.2, -0.15) is 0 Å². The number of alkyl halides is 2. The van der Waals surface area contributed by atoms with E-state index >= 15 is 0 Å². The molecule has 0 spiro atoms. The number of fused-ring (bicyclic) bond motifs is 1. The molecule has 1 aliphatic rings. The SMILES string of the molecule is CS(C)(C)c1ccc(NC(=O)[C@H]2c3ccc(OCC(F)F)cc3CCN2C(=O)CCCC(=O)O)cc1F. The number of carbonyl (C=O) groups excluding carboxylic acids is 2. The van der Waals surface area contributed by atoms with Crippen molar-refractivity contribution >= 4 is 33.5 Å². The van der Waals surface area contributed by atoms with Gasteiger partial charge in [0.15, 0.2) is 0 Å². The summed E-state index contributed by atoms with van der Waals surface area (Å²) in [6, 6.07) is 8.01. The minimum Gasteiger partial charge on any atom is -0.488 e. The average molecular weight is 541 g/mol. The van der Waals surface area contributed by atoms with Crippen LogP contribution in [-0.4, -0.2) is 66.1 Å². The first-order valence-corrected chi connectivity index (χ1v) is 14.6. The van der Waals surface area contributed by atoms with Crippen molar-refractivity contribution in [2.75, 3.05) is 37.2 Å². The van der Waals surface area contributed by atoms with Gasteiger partial charge in [-0.05, 0) is 73.1 Å². The van der Waals surface area contributed by atoms with Crippen LogP contribution in [0.5, 0.6) is 5.75 Å². The Morgan fingerprint density at radius 3 is 2.49 bits per heavy atom. The topological polar surface area (TPSA) is 95.9 Å². The fraction of sp³-hybridized carbons (Fsp3) is 0.423. The van der Waals surface area contributed by atoms with Crippen LogP contribution in [-0.2, 0) is 20.8 Å². The number of carboxylic acids is 1. The van der Waals surface area contributed by atoms with Gasteiger partial charge in [-0.15, -0.1) is 0 Å². The number of nitrogens with zero attached hydrogens (tertiary/aromatic N) is 1. The summed E-state index contributed by atoms with van der Waals surface area (Å²) >= 11 is 0. The molecule has 1 atom stereocenters. The molecule has 2 aromatic carbocycles. The summed E-state index contributed by atoms with van der Waals surface area (Å²) < 4.78 is 45.0. The lowest BCUT2D eigenvalue weighted by Gasteiger charge is -2.36. The van der Waals surface area contributed by atoms with Crippen LogP contribution in [0.4, 0.5) is 18.9 Å². The number of anilines is 1. The minimum atomic E-state index is -2.64. The van der Waals surface area contributed by atoms with Crippen LogP contribution in [0.2, 0.25) is 0 Å². The Morgan fingerprint density at radius 1 is 1.14 bits per heavy atom. The summed E-state index contributed by atoms with van der Waals surface area (Å²) in [6.45, 7) is -0.606. The van der Waals surface area contributed by atoms with Gasteiger partial charge in [-0.25, -0.2) is 23.2 Å². The Hall–Kier alpha value is -3.21. The third-order valence-corrected chi connectivity index (χ3v) is 7.58. The summed E-state index contributed by atoms with van der Waals surface area (Å²) in [5.74, 6) is -2.19. The van der Waals surface area contributed by atoms with Gasteiger partial charge in [0.05, 0.1) is 0 Å². The lowest BCUT2D eigenvalue weighted by molar-refractivity contribution is -0.140. The van der Waals surface area contributed by atoms with Crippen molar-refractivity contribution in [3.05, 3.63) is 53.3 Å². The molecule has 11 heteroatoms. The summed E-state index contributed by atoms with van der Waals surface area (Å²) in [4.78, 5) is 39.3. The van der Waals surface area contributed by atoms with E-state index in [1.165, 1.54) is 17.0 Å². The Kier molecular flexibility index (Phi) is 9.12. The first kappa shape index (κ1) is 28.4. The summed E-state index contributed by atoms with van der Waals surface area (Å²) in [5, 5.41) is 11.6. The third kappa shape index (κ3) is 7.41. The first-order valence-electron chi connectivity index (χ1n) is 11.7. The highest BCUT2D eigenvalue weighted by Crippen LogP contribution is 2.47. The molecule has 0 aromatic heterocycles. The monoisotopic (exact) mass is 540 g/mol. The molecule has 1 aliphatic heterocycles. The number of hydrogen-bond donors (Lipinski definition) is 2. The van der Waals surface area contributed by atoms with Crippen molar-refractivity contribution in [2.24, 2.45) is 0 Å². The Balaban J connectivity index is 1.89. The standard InChI is InChI=1S/C26H31F3N2O5S/c1-37(2,3)21-10-7-17(14-20(21)27)30-26(35)25-19-9-8-18(36-15-22(28)29)13-16(19)11-12-31(25)23(32)5-4-6-24(33)34/h7-10,13-14,22,25H,4-6,11-12,15H2,1-3H3,(H,30,35)(H,33,34)/t25-/m1/s1. The largest absolute Gasteiger partial charge is 0.488 e. The van der Waals surface area contributed by atoms with Gasteiger partial charge in [0, 0.05) is 30.0 Å². The van der Waals surface area contributed by atoms with Crippen molar-refractivity contribution in [1.82, 2.24) is 4.90 Å². The van der Waals surface area contributed by atoms with Gasteiger partial charge >= 0.3 is 5.97 Å². The number of benzene rings is 2. The van der Waals surface area contributed by atoms with Gasteiger partial charge in [0.25, 0.3) is 12.3 Å². The number of rotatable bonds is 10.